The number of aromatic nitrogens is 2. The number of urea groups is 1. The summed E-state index contributed by atoms with van der Waals surface area (Å²) in [5.41, 5.74) is 2.15. The number of thiazole rings is 1. The molecule has 2 aromatic carbocycles. The van der Waals surface area contributed by atoms with E-state index in [4.69, 9.17) is 10.2 Å². The van der Waals surface area contributed by atoms with Gasteiger partial charge in [0, 0.05) is 37.8 Å². The van der Waals surface area contributed by atoms with E-state index < -0.39 is 39.5 Å². The van der Waals surface area contributed by atoms with Gasteiger partial charge in [0.2, 0.25) is 15.9 Å². The number of carbonyl (C=O) groups excluding carboxylic acids is 2. The summed E-state index contributed by atoms with van der Waals surface area (Å²) >= 11 is 1.46. The molecule has 0 bridgehead atoms. The van der Waals surface area contributed by atoms with E-state index in [1.165, 1.54) is 46.1 Å². The molecule has 1 aliphatic rings. The van der Waals surface area contributed by atoms with Gasteiger partial charge in [0.25, 0.3) is 0 Å². The number of pyridine rings is 1. The van der Waals surface area contributed by atoms with Crippen LogP contribution in [0.15, 0.2) is 94.4 Å². The normalized spacial score (nSPS) is 15.7. The molecule has 1 saturated heterocycles. The highest BCUT2D eigenvalue weighted by Gasteiger charge is 2.44. The average Bonchev–Trinajstić information content (AvgIpc) is 3.74. The molecule has 0 aliphatic carbocycles. The summed E-state index contributed by atoms with van der Waals surface area (Å²) in [6.07, 6.45) is 1.81. The molecule has 0 radical (unpaired) electrons. The number of hydrogen-bond donors (Lipinski definition) is 3. The molecule has 4 aromatic rings. The Kier molecular flexibility index (Phi) is 13.2. The van der Waals surface area contributed by atoms with Crippen LogP contribution < -0.4 is 5.32 Å². The van der Waals surface area contributed by atoms with Crippen molar-refractivity contribution in [1.82, 2.24) is 29.4 Å². The summed E-state index contributed by atoms with van der Waals surface area (Å²) in [5, 5.41) is 29.4. The number of carbonyl (C=O) groups is 2. The van der Waals surface area contributed by atoms with Gasteiger partial charge in [0.05, 0.1) is 41.2 Å². The van der Waals surface area contributed by atoms with Crippen molar-refractivity contribution in [3.8, 4) is 10.7 Å². The van der Waals surface area contributed by atoms with Crippen molar-refractivity contribution in [2.45, 2.75) is 70.7 Å². The molecule has 0 spiro atoms. The predicted octanol–water partition coefficient (Wildman–Crippen LogP) is 5.10. The summed E-state index contributed by atoms with van der Waals surface area (Å²) in [7, 11) is -4.08. The van der Waals surface area contributed by atoms with Crippen molar-refractivity contribution in [3.05, 3.63) is 101 Å². The van der Waals surface area contributed by atoms with E-state index in [0.29, 0.717) is 18.7 Å². The van der Waals surface area contributed by atoms with Crippen molar-refractivity contribution in [1.29, 1.82) is 0 Å². The maximum atomic E-state index is 14.4. The minimum absolute atomic E-state index is 0.0181. The SMILES string of the molecule is CC(C)CN(C[C@@H](O)[C@H](Cc1ccccc1)NC(=O)C(N1CCN(Cc2csc(-c3ccccn3)n2)C1=O)C(C)(C)C)S(=O)(=O)c1ccc(/C=N/O)cc1. The highest BCUT2D eigenvalue weighted by Crippen LogP contribution is 2.30. The fraction of sp³-hybridized carbons (Fsp3) is 0.410. The van der Waals surface area contributed by atoms with Crippen LogP contribution in [0.4, 0.5) is 4.79 Å². The molecule has 5 rings (SSSR count). The molecule has 3 heterocycles. The molecule has 13 nitrogen and oxygen atoms in total. The van der Waals surface area contributed by atoms with Crippen molar-refractivity contribution in [3.63, 3.8) is 0 Å². The highest BCUT2D eigenvalue weighted by molar-refractivity contribution is 7.89. The Morgan fingerprint density at radius 3 is 2.37 bits per heavy atom. The quantitative estimate of drug-likeness (QED) is 0.0803. The van der Waals surface area contributed by atoms with Crippen LogP contribution in [0.2, 0.25) is 0 Å². The van der Waals surface area contributed by atoms with Gasteiger partial charge in [-0.1, -0.05) is 88.3 Å². The van der Waals surface area contributed by atoms with E-state index in [-0.39, 0.29) is 42.9 Å². The molecule has 1 aliphatic heterocycles. The van der Waals surface area contributed by atoms with Gasteiger partial charge in [0.1, 0.15) is 11.0 Å². The van der Waals surface area contributed by atoms with Crippen molar-refractivity contribution < 1.29 is 28.3 Å². The average molecular weight is 776 g/mol. The van der Waals surface area contributed by atoms with Crippen LogP contribution in [0.25, 0.3) is 10.7 Å². The van der Waals surface area contributed by atoms with E-state index in [1.807, 2.05) is 88.5 Å². The highest BCUT2D eigenvalue weighted by atomic mass is 32.2. The molecular formula is C39H49N7O6S2. The lowest BCUT2D eigenvalue weighted by molar-refractivity contribution is -0.130. The summed E-state index contributed by atoms with van der Waals surface area (Å²) in [6, 6.07) is 18.8. The number of sulfonamides is 1. The number of rotatable bonds is 16. The number of hydrogen-bond acceptors (Lipinski definition) is 10. The standard InChI is InChI=1S/C39H49N7O6S2/c1-27(2)23-45(54(51,52)31-16-14-29(15-17-31)22-41-50)25-34(47)33(21-28-11-7-6-8-12-28)43-36(48)35(39(3,4)5)46-20-19-44(38(46)49)24-30-26-53-37(42-30)32-13-9-10-18-40-32/h6-18,22,26-27,33-35,47,50H,19-21,23-25H2,1-5H3,(H,43,48)/b41-22+/t33-,34+,35?/m0/s1. The Morgan fingerprint density at radius 2 is 1.74 bits per heavy atom. The first-order chi connectivity index (χ1) is 25.7. The first-order valence-electron chi connectivity index (χ1n) is 17.9. The van der Waals surface area contributed by atoms with Crippen molar-refractivity contribution in [2.24, 2.45) is 16.5 Å². The first-order valence-corrected chi connectivity index (χ1v) is 20.2. The van der Waals surface area contributed by atoms with Crippen LogP contribution in [-0.4, -0.2) is 105 Å². The number of aliphatic hydroxyl groups is 1. The lowest BCUT2D eigenvalue weighted by Crippen LogP contribution is -2.59. The molecule has 3 amide bonds. The third-order valence-electron chi connectivity index (χ3n) is 9.07. The molecule has 1 fully saturated rings. The summed E-state index contributed by atoms with van der Waals surface area (Å²) in [6.45, 7) is 10.3. The topological polar surface area (TPSA) is 169 Å². The van der Waals surface area contributed by atoms with E-state index >= 15 is 0 Å². The second kappa shape index (κ2) is 17.6. The Labute approximate surface area is 321 Å². The van der Waals surface area contributed by atoms with Crippen LogP contribution in [0, 0.1) is 11.3 Å². The molecule has 288 valence electrons. The Hall–Kier alpha value is -4.70. The minimum atomic E-state index is -4.08. The van der Waals surface area contributed by atoms with Crippen molar-refractivity contribution >= 4 is 39.5 Å². The van der Waals surface area contributed by atoms with Gasteiger partial charge in [-0.15, -0.1) is 11.3 Å². The maximum Gasteiger partial charge on any atom is 0.321 e. The molecule has 54 heavy (non-hydrogen) atoms. The number of nitrogens with zero attached hydrogens (tertiary/aromatic N) is 6. The summed E-state index contributed by atoms with van der Waals surface area (Å²) < 4.78 is 29.1. The zero-order valence-electron chi connectivity index (χ0n) is 31.2. The van der Waals surface area contributed by atoms with Gasteiger partial charge in [-0.3, -0.25) is 9.78 Å². The Bertz CT molecular complexity index is 1980. The lowest BCUT2D eigenvalue weighted by Gasteiger charge is -2.38. The predicted molar refractivity (Wildman–Crippen MR) is 209 cm³/mol. The fourth-order valence-electron chi connectivity index (χ4n) is 6.54. The van der Waals surface area contributed by atoms with Crippen LogP contribution in [0.5, 0.6) is 0 Å². The van der Waals surface area contributed by atoms with Gasteiger partial charge in [0.15, 0.2) is 0 Å². The maximum absolute atomic E-state index is 14.4. The van der Waals surface area contributed by atoms with E-state index in [1.54, 1.807) is 16.0 Å². The van der Waals surface area contributed by atoms with Gasteiger partial charge in [-0.2, -0.15) is 4.31 Å². The smallest absolute Gasteiger partial charge is 0.321 e. The molecular weight excluding hydrogens is 727 g/mol. The van der Waals surface area contributed by atoms with Crippen molar-refractivity contribution in [2.75, 3.05) is 26.2 Å². The number of oxime groups is 1. The minimum Gasteiger partial charge on any atom is -0.411 e. The number of amides is 3. The second-order valence-corrected chi connectivity index (χ2v) is 17.7. The summed E-state index contributed by atoms with van der Waals surface area (Å²) in [5.74, 6) is -0.515. The van der Waals surface area contributed by atoms with E-state index in [0.717, 1.165) is 22.0 Å². The van der Waals surface area contributed by atoms with Gasteiger partial charge >= 0.3 is 6.03 Å². The van der Waals surface area contributed by atoms with Crippen LogP contribution in [0.1, 0.15) is 51.4 Å². The molecule has 15 heteroatoms. The fourth-order valence-corrected chi connectivity index (χ4v) is 8.95. The number of nitrogens with one attached hydrogen (secondary N) is 1. The first kappa shape index (κ1) is 40.5. The van der Waals surface area contributed by atoms with Gasteiger partial charge < -0.3 is 25.4 Å². The third-order valence-corrected chi connectivity index (χ3v) is 11.8. The Balaban J connectivity index is 1.36. The molecule has 0 saturated carbocycles. The lowest BCUT2D eigenvalue weighted by atomic mass is 9.84. The second-order valence-electron chi connectivity index (χ2n) is 14.9. The molecule has 1 unspecified atom stereocenters. The zero-order valence-corrected chi connectivity index (χ0v) is 32.9. The molecule has 3 atom stereocenters. The van der Waals surface area contributed by atoms with E-state index in [9.17, 15) is 23.1 Å². The third kappa shape index (κ3) is 10.1. The van der Waals surface area contributed by atoms with Crippen LogP contribution >= 0.6 is 11.3 Å². The molecule has 2 aromatic heterocycles. The van der Waals surface area contributed by atoms with Gasteiger partial charge in [-0.05, 0) is 53.1 Å². The van der Waals surface area contributed by atoms with Crippen LogP contribution in [0.3, 0.4) is 0 Å². The van der Waals surface area contributed by atoms with E-state index in [2.05, 4.69) is 15.5 Å². The summed E-state index contributed by atoms with van der Waals surface area (Å²) in [4.78, 5) is 40.7. The van der Waals surface area contributed by atoms with Crippen LogP contribution in [-0.2, 0) is 27.8 Å². The number of aliphatic hydroxyl groups excluding tert-OH is 1. The number of benzene rings is 2. The van der Waals surface area contributed by atoms with Gasteiger partial charge in [-0.25, -0.2) is 18.2 Å². The monoisotopic (exact) mass is 775 g/mol. The Morgan fingerprint density at radius 1 is 1.04 bits per heavy atom. The molecule has 3 N–H and O–H groups in total. The largest absolute Gasteiger partial charge is 0.411 e. The zero-order chi connectivity index (χ0) is 39.0.